The highest BCUT2D eigenvalue weighted by atomic mass is 32.1. The summed E-state index contributed by atoms with van der Waals surface area (Å²) in [4.78, 5) is 10.2. The van der Waals surface area contributed by atoms with Crippen molar-refractivity contribution in [3.8, 4) is 17.0 Å². The van der Waals surface area contributed by atoms with Gasteiger partial charge in [-0.05, 0) is 72.0 Å². The molecular formula is C25H24F3NO3S. The van der Waals surface area contributed by atoms with E-state index >= 15 is 0 Å². The number of alkyl halides is 3. The van der Waals surface area contributed by atoms with Crippen molar-refractivity contribution in [3.05, 3.63) is 69.1 Å². The maximum atomic E-state index is 13.7. The smallest absolute Gasteiger partial charge is 0.427 e. The molecule has 0 aliphatic heterocycles. The number of halogens is 3. The van der Waals surface area contributed by atoms with Crippen LogP contribution in [0.25, 0.3) is 11.3 Å². The van der Waals surface area contributed by atoms with Gasteiger partial charge in [0.1, 0.15) is 17.2 Å². The molecule has 8 heteroatoms. The van der Waals surface area contributed by atoms with Gasteiger partial charge in [-0.1, -0.05) is 37.3 Å². The normalized spacial score (nSPS) is 13.2. The molecule has 4 rings (SSSR count). The third-order valence-corrected chi connectivity index (χ3v) is 6.93. The summed E-state index contributed by atoms with van der Waals surface area (Å²) >= 11 is 0.450. The lowest BCUT2D eigenvalue weighted by Crippen LogP contribution is -2.09. The summed E-state index contributed by atoms with van der Waals surface area (Å²) in [7, 11) is 0. The lowest BCUT2D eigenvalue weighted by atomic mass is 9.98. The van der Waals surface area contributed by atoms with Gasteiger partial charge in [0.15, 0.2) is 0 Å². The predicted octanol–water partition coefficient (Wildman–Crippen LogP) is 6.48. The minimum atomic E-state index is -4.51. The van der Waals surface area contributed by atoms with Crippen molar-refractivity contribution in [3.63, 3.8) is 0 Å². The Morgan fingerprint density at radius 2 is 1.85 bits per heavy atom. The zero-order chi connectivity index (χ0) is 23.6. The van der Waals surface area contributed by atoms with Gasteiger partial charge in [0.05, 0.1) is 5.69 Å². The van der Waals surface area contributed by atoms with Gasteiger partial charge in [0.25, 0.3) is 0 Å². The van der Waals surface area contributed by atoms with Crippen LogP contribution in [0.5, 0.6) is 5.75 Å². The largest absolute Gasteiger partial charge is 0.488 e. The first kappa shape index (κ1) is 23.3. The van der Waals surface area contributed by atoms with Crippen LogP contribution in [0.4, 0.5) is 13.2 Å². The van der Waals surface area contributed by atoms with Crippen LogP contribution in [0, 0.1) is 0 Å². The van der Waals surface area contributed by atoms with Crippen molar-refractivity contribution in [1.82, 2.24) is 4.37 Å². The van der Waals surface area contributed by atoms with E-state index in [4.69, 9.17) is 9.84 Å². The Bertz CT molecular complexity index is 1150. The highest BCUT2D eigenvalue weighted by Gasteiger charge is 2.38. The Hall–Kier alpha value is -2.87. The van der Waals surface area contributed by atoms with Crippen LogP contribution in [0.2, 0.25) is 0 Å². The molecule has 174 valence electrons. The van der Waals surface area contributed by atoms with Crippen molar-refractivity contribution < 1.29 is 27.8 Å². The number of carbonyl (C=O) groups is 1. The second-order valence-electron chi connectivity index (χ2n) is 8.10. The number of aromatic nitrogens is 1. The second kappa shape index (κ2) is 9.55. The molecule has 0 fully saturated rings. The van der Waals surface area contributed by atoms with Gasteiger partial charge >= 0.3 is 12.1 Å². The van der Waals surface area contributed by atoms with E-state index in [0.29, 0.717) is 35.0 Å². The number of hydrogen-bond acceptors (Lipinski definition) is 4. The van der Waals surface area contributed by atoms with Gasteiger partial charge in [0.2, 0.25) is 0 Å². The van der Waals surface area contributed by atoms with Crippen LogP contribution < -0.4 is 4.74 Å². The highest BCUT2D eigenvalue weighted by molar-refractivity contribution is 7.06. The predicted molar refractivity (Wildman–Crippen MR) is 121 cm³/mol. The number of nitrogens with zero attached hydrogens (tertiary/aromatic N) is 1. The SMILES string of the molecule is CCc1ccc(-c2nsc(C(F)(F)F)c2COc2ccc(CCC(=O)O)c3c2CCC3)cc1. The maximum Gasteiger partial charge on any atom is 0.427 e. The molecule has 0 saturated heterocycles. The molecule has 0 saturated carbocycles. The molecule has 0 bridgehead atoms. The van der Waals surface area contributed by atoms with Crippen molar-refractivity contribution in [2.24, 2.45) is 0 Å². The van der Waals surface area contributed by atoms with E-state index in [9.17, 15) is 18.0 Å². The van der Waals surface area contributed by atoms with Crippen molar-refractivity contribution in [1.29, 1.82) is 0 Å². The van der Waals surface area contributed by atoms with E-state index in [1.807, 2.05) is 25.1 Å². The van der Waals surface area contributed by atoms with Crippen molar-refractivity contribution >= 4 is 17.5 Å². The van der Waals surface area contributed by atoms with Gasteiger partial charge in [0, 0.05) is 17.5 Å². The highest BCUT2D eigenvalue weighted by Crippen LogP contribution is 2.41. The molecule has 0 unspecified atom stereocenters. The Balaban J connectivity index is 1.63. The molecule has 0 atom stereocenters. The lowest BCUT2D eigenvalue weighted by Gasteiger charge is -2.15. The first-order valence-electron chi connectivity index (χ1n) is 10.9. The lowest BCUT2D eigenvalue weighted by molar-refractivity contribution is -0.137. The molecule has 1 aromatic heterocycles. The van der Waals surface area contributed by atoms with Crippen LogP contribution in [0.1, 0.15) is 52.5 Å². The fraction of sp³-hybridized carbons (Fsp3) is 0.360. The van der Waals surface area contributed by atoms with E-state index in [1.165, 1.54) is 0 Å². The van der Waals surface area contributed by atoms with Crippen molar-refractivity contribution in [2.75, 3.05) is 0 Å². The molecule has 0 amide bonds. The summed E-state index contributed by atoms with van der Waals surface area (Å²) in [6.45, 7) is 1.78. The zero-order valence-electron chi connectivity index (χ0n) is 18.2. The minimum absolute atomic E-state index is 0.0402. The number of fused-ring (bicyclic) bond motifs is 1. The number of aliphatic carboxylic acids is 1. The molecule has 0 radical (unpaired) electrons. The van der Waals surface area contributed by atoms with E-state index in [0.717, 1.165) is 47.9 Å². The van der Waals surface area contributed by atoms with Crippen LogP contribution >= 0.6 is 11.5 Å². The number of aryl methyl sites for hydroxylation is 2. The number of carboxylic acid groups (broad SMARTS) is 1. The Morgan fingerprint density at radius 3 is 2.52 bits per heavy atom. The average molecular weight is 476 g/mol. The number of carboxylic acids is 1. The molecule has 0 spiro atoms. The Kier molecular flexibility index (Phi) is 6.74. The Morgan fingerprint density at radius 1 is 1.12 bits per heavy atom. The van der Waals surface area contributed by atoms with E-state index in [1.54, 1.807) is 18.2 Å². The monoisotopic (exact) mass is 475 g/mol. The summed E-state index contributed by atoms with van der Waals surface area (Å²) in [5, 5.41) is 8.99. The molecule has 4 nitrogen and oxygen atoms in total. The molecule has 33 heavy (non-hydrogen) atoms. The second-order valence-corrected chi connectivity index (χ2v) is 8.88. The molecule has 1 N–H and O–H groups in total. The zero-order valence-corrected chi connectivity index (χ0v) is 19.0. The fourth-order valence-electron chi connectivity index (χ4n) is 4.30. The third-order valence-electron chi connectivity index (χ3n) is 6.00. The molecule has 1 aliphatic rings. The third kappa shape index (κ3) is 5.05. The van der Waals surface area contributed by atoms with Gasteiger partial charge in [-0.3, -0.25) is 4.79 Å². The molecule has 3 aromatic rings. The van der Waals surface area contributed by atoms with Crippen molar-refractivity contribution in [2.45, 2.75) is 58.2 Å². The van der Waals surface area contributed by atoms with Crippen LogP contribution in [0.3, 0.4) is 0 Å². The Labute approximate surface area is 194 Å². The van der Waals surface area contributed by atoms with Crippen LogP contribution in [-0.4, -0.2) is 15.4 Å². The van der Waals surface area contributed by atoms with Crippen LogP contribution in [0.15, 0.2) is 36.4 Å². The summed E-state index contributed by atoms with van der Waals surface area (Å²) < 4.78 is 51.2. The minimum Gasteiger partial charge on any atom is -0.488 e. The standard InChI is InChI=1S/C25H24F3NO3S/c1-2-15-6-8-17(9-7-15)23-20(24(33-29-23)25(26,27)28)14-32-21-12-10-16(11-13-22(30)31)18-4-3-5-19(18)21/h6-10,12H,2-5,11,13-14H2,1H3,(H,30,31). The fourth-order valence-corrected chi connectivity index (χ4v) is 5.07. The van der Waals surface area contributed by atoms with E-state index < -0.39 is 17.0 Å². The quantitative estimate of drug-likeness (QED) is 0.405. The maximum absolute atomic E-state index is 13.7. The first-order valence-corrected chi connectivity index (χ1v) is 11.7. The topological polar surface area (TPSA) is 59.4 Å². The van der Waals surface area contributed by atoms with Gasteiger partial charge in [-0.25, -0.2) is 0 Å². The van der Waals surface area contributed by atoms with Gasteiger partial charge in [-0.2, -0.15) is 17.5 Å². The van der Waals surface area contributed by atoms with Gasteiger partial charge in [-0.15, -0.1) is 0 Å². The number of benzene rings is 2. The van der Waals surface area contributed by atoms with Crippen LogP contribution in [-0.2, 0) is 43.3 Å². The first-order chi connectivity index (χ1) is 15.8. The van der Waals surface area contributed by atoms with E-state index in [-0.39, 0.29) is 18.6 Å². The average Bonchev–Trinajstić information content (AvgIpc) is 3.44. The number of rotatable bonds is 8. The number of hydrogen-bond donors (Lipinski definition) is 1. The molecule has 1 aliphatic carbocycles. The molecule has 1 heterocycles. The summed E-state index contributed by atoms with van der Waals surface area (Å²) in [6.07, 6.45) is -0.686. The molecule has 2 aromatic carbocycles. The summed E-state index contributed by atoms with van der Waals surface area (Å²) in [6, 6.07) is 11.0. The number of ether oxygens (including phenoxy) is 1. The van der Waals surface area contributed by atoms with E-state index in [2.05, 4.69) is 4.37 Å². The molecular weight excluding hydrogens is 451 g/mol. The summed E-state index contributed by atoms with van der Waals surface area (Å²) in [5.41, 5.74) is 5.09. The van der Waals surface area contributed by atoms with Gasteiger partial charge < -0.3 is 9.84 Å². The summed E-state index contributed by atoms with van der Waals surface area (Å²) in [5.74, 6) is -0.292.